The van der Waals surface area contributed by atoms with E-state index in [4.69, 9.17) is 14.2 Å². The van der Waals surface area contributed by atoms with Gasteiger partial charge in [0.25, 0.3) is 5.91 Å². The van der Waals surface area contributed by atoms with Crippen molar-refractivity contribution in [2.24, 2.45) is 0 Å². The number of amides is 1. The lowest BCUT2D eigenvalue weighted by Gasteiger charge is -2.11. The monoisotopic (exact) mass is 394 g/mol. The molecule has 1 amide bonds. The average Bonchev–Trinajstić information content (AvgIpc) is 2.77. The van der Waals surface area contributed by atoms with Gasteiger partial charge in [-0.1, -0.05) is 24.3 Å². The van der Waals surface area contributed by atoms with Crippen LogP contribution in [0.4, 0.5) is 11.6 Å². The largest absolute Gasteiger partial charge is 0.493 e. The first kappa shape index (κ1) is 19.9. The van der Waals surface area contributed by atoms with Gasteiger partial charge in [-0.3, -0.25) is 4.79 Å². The number of aromatic nitrogens is 2. The van der Waals surface area contributed by atoms with Crippen LogP contribution < -0.4 is 24.8 Å². The summed E-state index contributed by atoms with van der Waals surface area (Å²) in [5, 5.41) is 13.9. The number of nitrogens with one attached hydrogen (secondary N) is 2. The van der Waals surface area contributed by atoms with Gasteiger partial charge in [0, 0.05) is 6.54 Å². The predicted molar refractivity (Wildman–Crippen MR) is 109 cm³/mol. The number of para-hydroxylation sites is 1. The van der Waals surface area contributed by atoms with E-state index in [-0.39, 0.29) is 12.5 Å². The normalized spacial score (nSPS) is 10.1. The highest BCUT2D eigenvalue weighted by molar-refractivity contribution is 5.90. The van der Waals surface area contributed by atoms with E-state index in [1.807, 2.05) is 36.4 Å². The molecule has 3 rings (SSSR count). The minimum Gasteiger partial charge on any atom is -0.493 e. The Hall–Kier alpha value is -3.81. The standard InChI is InChI=1S/C21H22N4O4/c1-27-17-9-8-15(12-18(17)28-2)13-22-19-10-11-20(25-24-19)23-21(26)14-29-16-6-4-3-5-7-16/h3-12H,13-14H2,1-2H3,(H,22,24)(H,23,25,26). The van der Waals surface area contributed by atoms with Crippen LogP contribution in [-0.4, -0.2) is 36.9 Å². The minimum absolute atomic E-state index is 0.106. The Morgan fingerprint density at radius 3 is 2.31 bits per heavy atom. The number of benzene rings is 2. The molecule has 0 saturated carbocycles. The molecule has 0 aliphatic heterocycles. The van der Waals surface area contributed by atoms with Crippen LogP contribution in [0.5, 0.6) is 17.2 Å². The van der Waals surface area contributed by atoms with E-state index in [9.17, 15) is 4.79 Å². The summed E-state index contributed by atoms with van der Waals surface area (Å²) in [6.07, 6.45) is 0. The highest BCUT2D eigenvalue weighted by Gasteiger charge is 2.07. The lowest BCUT2D eigenvalue weighted by atomic mass is 10.2. The summed E-state index contributed by atoms with van der Waals surface area (Å²) in [4.78, 5) is 12.0. The third-order valence-corrected chi connectivity index (χ3v) is 3.97. The fourth-order valence-electron chi connectivity index (χ4n) is 2.52. The predicted octanol–water partition coefficient (Wildman–Crippen LogP) is 3.12. The second-order valence-electron chi connectivity index (χ2n) is 6.00. The van der Waals surface area contributed by atoms with Crippen LogP contribution in [0.2, 0.25) is 0 Å². The van der Waals surface area contributed by atoms with Gasteiger partial charge >= 0.3 is 0 Å². The highest BCUT2D eigenvalue weighted by Crippen LogP contribution is 2.27. The molecule has 3 aromatic rings. The van der Waals surface area contributed by atoms with E-state index in [1.165, 1.54) is 0 Å². The van der Waals surface area contributed by atoms with Crippen LogP contribution >= 0.6 is 0 Å². The number of anilines is 2. The minimum atomic E-state index is -0.311. The Bertz CT molecular complexity index is 933. The van der Waals surface area contributed by atoms with E-state index in [2.05, 4.69) is 20.8 Å². The maximum Gasteiger partial charge on any atom is 0.263 e. The Morgan fingerprint density at radius 2 is 1.62 bits per heavy atom. The van der Waals surface area contributed by atoms with Crippen LogP contribution in [0.1, 0.15) is 5.56 Å². The van der Waals surface area contributed by atoms with Crippen molar-refractivity contribution < 1.29 is 19.0 Å². The lowest BCUT2D eigenvalue weighted by molar-refractivity contribution is -0.118. The number of ether oxygens (including phenoxy) is 3. The molecule has 0 atom stereocenters. The molecular weight excluding hydrogens is 372 g/mol. The number of nitrogens with zero attached hydrogens (tertiary/aromatic N) is 2. The van der Waals surface area contributed by atoms with Crippen molar-refractivity contribution in [2.75, 3.05) is 31.5 Å². The zero-order valence-corrected chi connectivity index (χ0v) is 16.2. The molecule has 0 saturated heterocycles. The van der Waals surface area contributed by atoms with Gasteiger partial charge in [-0.15, -0.1) is 10.2 Å². The Balaban J connectivity index is 1.49. The first-order valence-electron chi connectivity index (χ1n) is 8.94. The van der Waals surface area contributed by atoms with Crippen molar-refractivity contribution >= 4 is 17.5 Å². The fourth-order valence-corrected chi connectivity index (χ4v) is 2.52. The molecule has 1 aromatic heterocycles. The molecule has 150 valence electrons. The Morgan fingerprint density at radius 1 is 0.897 bits per heavy atom. The van der Waals surface area contributed by atoms with E-state index in [0.717, 1.165) is 5.56 Å². The second kappa shape index (κ2) is 9.93. The zero-order valence-electron chi connectivity index (χ0n) is 16.2. The SMILES string of the molecule is COc1ccc(CNc2ccc(NC(=O)COc3ccccc3)nn2)cc1OC. The molecule has 0 aliphatic rings. The molecule has 2 aromatic carbocycles. The van der Waals surface area contributed by atoms with E-state index in [0.29, 0.717) is 35.4 Å². The number of hydrogen-bond acceptors (Lipinski definition) is 7. The molecule has 0 unspecified atom stereocenters. The van der Waals surface area contributed by atoms with Crippen LogP contribution in [0.3, 0.4) is 0 Å². The van der Waals surface area contributed by atoms with E-state index >= 15 is 0 Å². The van der Waals surface area contributed by atoms with Crippen molar-refractivity contribution in [3.63, 3.8) is 0 Å². The van der Waals surface area contributed by atoms with E-state index in [1.54, 1.807) is 38.5 Å². The summed E-state index contributed by atoms with van der Waals surface area (Å²) < 4.78 is 15.9. The molecule has 8 nitrogen and oxygen atoms in total. The third kappa shape index (κ3) is 5.83. The van der Waals surface area contributed by atoms with Crippen molar-refractivity contribution in [2.45, 2.75) is 6.54 Å². The second-order valence-corrected chi connectivity index (χ2v) is 6.00. The average molecular weight is 394 g/mol. The van der Waals surface area contributed by atoms with Gasteiger partial charge in [0.1, 0.15) is 11.6 Å². The number of methoxy groups -OCH3 is 2. The summed E-state index contributed by atoms with van der Waals surface area (Å²) in [5.74, 6) is 2.58. The summed E-state index contributed by atoms with van der Waals surface area (Å²) in [7, 11) is 3.19. The van der Waals surface area contributed by atoms with Gasteiger partial charge in [0.05, 0.1) is 14.2 Å². The van der Waals surface area contributed by atoms with Crippen LogP contribution in [0.25, 0.3) is 0 Å². The molecule has 8 heteroatoms. The summed E-state index contributed by atoms with van der Waals surface area (Å²) >= 11 is 0. The van der Waals surface area contributed by atoms with Crippen molar-refractivity contribution in [1.29, 1.82) is 0 Å². The van der Waals surface area contributed by atoms with Crippen molar-refractivity contribution in [3.8, 4) is 17.2 Å². The molecule has 0 radical (unpaired) electrons. The van der Waals surface area contributed by atoms with Gasteiger partial charge in [-0.05, 0) is 42.0 Å². The van der Waals surface area contributed by atoms with Crippen molar-refractivity contribution in [3.05, 3.63) is 66.2 Å². The molecule has 0 aliphatic carbocycles. The Labute approximate surface area is 168 Å². The quantitative estimate of drug-likeness (QED) is 0.576. The molecular formula is C21H22N4O4. The number of carbonyl (C=O) groups is 1. The van der Waals surface area contributed by atoms with Gasteiger partial charge in [-0.2, -0.15) is 0 Å². The molecule has 2 N–H and O–H groups in total. The highest BCUT2D eigenvalue weighted by atomic mass is 16.5. The smallest absolute Gasteiger partial charge is 0.263 e. The summed E-state index contributed by atoms with van der Waals surface area (Å²) in [6, 6.07) is 18.2. The molecule has 0 spiro atoms. The van der Waals surface area contributed by atoms with Crippen LogP contribution in [-0.2, 0) is 11.3 Å². The van der Waals surface area contributed by atoms with E-state index < -0.39 is 0 Å². The Kier molecular flexibility index (Phi) is 6.83. The summed E-state index contributed by atoms with van der Waals surface area (Å²) in [5.41, 5.74) is 1.000. The van der Waals surface area contributed by atoms with Gasteiger partial charge in [0.2, 0.25) is 0 Å². The maximum absolute atomic E-state index is 12.0. The van der Waals surface area contributed by atoms with Gasteiger partial charge < -0.3 is 24.8 Å². The van der Waals surface area contributed by atoms with Crippen LogP contribution in [0.15, 0.2) is 60.7 Å². The first-order valence-corrected chi connectivity index (χ1v) is 8.94. The first-order chi connectivity index (χ1) is 14.2. The lowest BCUT2D eigenvalue weighted by Crippen LogP contribution is -2.21. The maximum atomic E-state index is 12.0. The molecule has 0 fully saturated rings. The summed E-state index contributed by atoms with van der Waals surface area (Å²) in [6.45, 7) is 0.427. The number of rotatable bonds is 9. The van der Waals surface area contributed by atoms with Gasteiger partial charge in [-0.25, -0.2) is 0 Å². The van der Waals surface area contributed by atoms with Crippen LogP contribution in [0, 0.1) is 0 Å². The fraction of sp³-hybridized carbons (Fsp3) is 0.190. The molecule has 29 heavy (non-hydrogen) atoms. The molecule has 1 heterocycles. The topological polar surface area (TPSA) is 94.6 Å². The molecule has 0 bridgehead atoms. The third-order valence-electron chi connectivity index (χ3n) is 3.97. The zero-order chi connectivity index (χ0) is 20.5. The number of carbonyl (C=O) groups excluding carboxylic acids is 1. The van der Waals surface area contributed by atoms with Crippen molar-refractivity contribution in [1.82, 2.24) is 10.2 Å². The van der Waals surface area contributed by atoms with Gasteiger partial charge in [0.15, 0.2) is 23.9 Å². The number of hydrogen-bond donors (Lipinski definition) is 2.